The first-order valence-electron chi connectivity index (χ1n) is 11.3. The molecule has 5 rings (SSSR count). The summed E-state index contributed by atoms with van der Waals surface area (Å²) in [6, 6.07) is 0. The van der Waals surface area contributed by atoms with Crippen molar-refractivity contribution in [3.05, 3.63) is 11.6 Å². The molecule has 5 aliphatic rings. The van der Waals surface area contributed by atoms with Gasteiger partial charge in [-0.15, -0.1) is 0 Å². The predicted octanol–water partition coefficient (Wildman–Crippen LogP) is 3.99. The first-order valence-corrected chi connectivity index (χ1v) is 11.3. The molecule has 4 heteroatoms. The summed E-state index contributed by atoms with van der Waals surface area (Å²) in [5, 5.41) is 3.57. The fraction of sp³-hybridized carbons (Fsp3) is 0.870. The van der Waals surface area contributed by atoms with Gasteiger partial charge in [0.05, 0.1) is 12.0 Å². The zero-order valence-corrected chi connectivity index (χ0v) is 17.0. The van der Waals surface area contributed by atoms with E-state index in [0.717, 1.165) is 25.9 Å². The number of carbonyl (C=O) groups is 1. The maximum Gasteiger partial charge on any atom is 0.311 e. The number of epoxide rings is 1. The molecule has 7 atom stereocenters. The summed E-state index contributed by atoms with van der Waals surface area (Å²) in [7, 11) is 0. The fourth-order valence-electron chi connectivity index (χ4n) is 7.10. The summed E-state index contributed by atoms with van der Waals surface area (Å²) in [5.74, 6) is 0.839. The van der Waals surface area contributed by atoms with E-state index in [2.05, 4.69) is 25.2 Å². The Labute approximate surface area is 163 Å². The Balaban J connectivity index is 1.23. The van der Waals surface area contributed by atoms with Crippen molar-refractivity contribution in [3.8, 4) is 0 Å². The second kappa shape index (κ2) is 6.59. The second-order valence-electron chi connectivity index (χ2n) is 10.1. The molecular formula is C23H35NO3. The van der Waals surface area contributed by atoms with Crippen LogP contribution >= 0.6 is 0 Å². The van der Waals surface area contributed by atoms with Crippen molar-refractivity contribution in [1.82, 2.24) is 5.32 Å². The van der Waals surface area contributed by atoms with Crippen LogP contribution in [-0.2, 0) is 14.3 Å². The molecule has 0 amide bonds. The molecule has 0 aromatic rings. The Hall–Kier alpha value is -0.870. The third kappa shape index (κ3) is 2.73. The molecule has 2 aliphatic heterocycles. The first-order chi connectivity index (χ1) is 13.1. The maximum atomic E-state index is 12.7. The molecule has 150 valence electrons. The Morgan fingerprint density at radius 2 is 2.19 bits per heavy atom. The molecule has 0 aromatic carbocycles. The number of fused-ring (bicyclic) bond motifs is 2. The van der Waals surface area contributed by atoms with E-state index in [1.54, 1.807) is 5.57 Å². The third-order valence-electron chi connectivity index (χ3n) is 8.57. The van der Waals surface area contributed by atoms with Gasteiger partial charge in [0.2, 0.25) is 0 Å². The number of nitrogens with one attached hydrogen (secondary N) is 1. The summed E-state index contributed by atoms with van der Waals surface area (Å²) in [6.07, 6.45) is 13.8. The average Bonchev–Trinajstić information content (AvgIpc) is 3.34. The average molecular weight is 374 g/mol. The van der Waals surface area contributed by atoms with Crippen LogP contribution in [0.2, 0.25) is 0 Å². The van der Waals surface area contributed by atoms with Crippen molar-refractivity contribution in [2.45, 2.75) is 89.4 Å². The Morgan fingerprint density at radius 3 is 3.00 bits per heavy atom. The van der Waals surface area contributed by atoms with Crippen LogP contribution in [-0.4, -0.2) is 36.9 Å². The minimum absolute atomic E-state index is 0.00920. The van der Waals surface area contributed by atoms with E-state index in [1.165, 1.54) is 44.9 Å². The van der Waals surface area contributed by atoms with Gasteiger partial charge < -0.3 is 14.8 Å². The highest BCUT2D eigenvalue weighted by Crippen LogP contribution is 2.70. The van der Waals surface area contributed by atoms with E-state index in [4.69, 9.17) is 9.47 Å². The van der Waals surface area contributed by atoms with Gasteiger partial charge in [-0.3, -0.25) is 4.79 Å². The zero-order valence-electron chi connectivity index (χ0n) is 17.0. The number of hydrogen-bond donors (Lipinski definition) is 1. The van der Waals surface area contributed by atoms with Crippen molar-refractivity contribution in [3.63, 3.8) is 0 Å². The molecule has 27 heavy (non-hydrogen) atoms. The van der Waals surface area contributed by atoms with Gasteiger partial charge in [0.1, 0.15) is 11.7 Å². The molecule has 4 nitrogen and oxygen atoms in total. The lowest BCUT2D eigenvalue weighted by Gasteiger charge is -2.48. The van der Waals surface area contributed by atoms with Crippen molar-refractivity contribution < 1.29 is 14.3 Å². The smallest absolute Gasteiger partial charge is 0.311 e. The highest BCUT2D eigenvalue weighted by atomic mass is 16.6. The van der Waals surface area contributed by atoms with Crippen LogP contribution in [0.3, 0.4) is 0 Å². The topological polar surface area (TPSA) is 50.9 Å². The molecule has 0 aromatic heterocycles. The minimum Gasteiger partial charge on any atom is -0.462 e. The lowest BCUT2D eigenvalue weighted by molar-refractivity contribution is -0.146. The first kappa shape index (κ1) is 18.2. The summed E-state index contributed by atoms with van der Waals surface area (Å²) in [5.41, 5.74) is 1.80. The highest BCUT2D eigenvalue weighted by Gasteiger charge is 2.78. The van der Waals surface area contributed by atoms with Gasteiger partial charge in [0, 0.05) is 17.9 Å². The number of ether oxygens (including phenoxy) is 2. The van der Waals surface area contributed by atoms with Crippen LogP contribution in [0.4, 0.5) is 0 Å². The second-order valence-corrected chi connectivity index (χ2v) is 10.1. The quantitative estimate of drug-likeness (QED) is 0.343. The van der Waals surface area contributed by atoms with Gasteiger partial charge >= 0.3 is 5.97 Å². The molecule has 1 unspecified atom stereocenters. The Kier molecular flexibility index (Phi) is 4.43. The molecule has 1 N–H and O–H groups in total. The number of esters is 1. The van der Waals surface area contributed by atoms with Gasteiger partial charge in [-0.2, -0.15) is 0 Å². The zero-order chi connectivity index (χ0) is 18.6. The number of hydrogen-bond acceptors (Lipinski definition) is 4. The molecule has 0 bridgehead atoms. The van der Waals surface area contributed by atoms with Crippen molar-refractivity contribution >= 4 is 5.97 Å². The maximum absolute atomic E-state index is 12.7. The lowest BCUT2D eigenvalue weighted by Crippen LogP contribution is -2.54. The van der Waals surface area contributed by atoms with Crippen LogP contribution in [0, 0.1) is 23.2 Å². The largest absolute Gasteiger partial charge is 0.462 e. The molecule has 2 heterocycles. The molecule has 4 fully saturated rings. The molecule has 3 aliphatic carbocycles. The van der Waals surface area contributed by atoms with E-state index in [0.29, 0.717) is 5.92 Å². The van der Waals surface area contributed by atoms with Crippen LogP contribution in [0.25, 0.3) is 0 Å². The van der Waals surface area contributed by atoms with E-state index < -0.39 is 0 Å². The van der Waals surface area contributed by atoms with E-state index in [1.807, 2.05) is 0 Å². The third-order valence-corrected chi connectivity index (χ3v) is 8.57. The number of rotatable bonds is 5. The Morgan fingerprint density at radius 1 is 1.30 bits per heavy atom. The normalized spacial score (nSPS) is 48.1. The molecule has 2 saturated heterocycles. The highest BCUT2D eigenvalue weighted by molar-refractivity contribution is 5.76. The summed E-state index contributed by atoms with van der Waals surface area (Å²) >= 11 is 0. The van der Waals surface area contributed by atoms with Gasteiger partial charge in [-0.1, -0.05) is 31.9 Å². The van der Waals surface area contributed by atoms with Crippen molar-refractivity contribution in [2.75, 3.05) is 13.1 Å². The van der Waals surface area contributed by atoms with Crippen LogP contribution < -0.4 is 5.32 Å². The van der Waals surface area contributed by atoms with Crippen LogP contribution in [0.1, 0.15) is 71.6 Å². The summed E-state index contributed by atoms with van der Waals surface area (Å²) in [4.78, 5) is 12.7. The molecule has 0 radical (unpaired) electrons. The van der Waals surface area contributed by atoms with Gasteiger partial charge in [0.25, 0.3) is 0 Å². The molecular weight excluding hydrogens is 338 g/mol. The van der Waals surface area contributed by atoms with Crippen LogP contribution in [0.5, 0.6) is 0 Å². The SMILES string of the molecule is C[C@H]1CCC[C@]2(C)C[C@H]3OC(=O)C(CNCCC4=CCCCC4)[C@H]3[C@@H]3O[C@@]132. The Bertz CT molecular complexity index is 646. The van der Waals surface area contributed by atoms with Gasteiger partial charge in [0.15, 0.2) is 0 Å². The van der Waals surface area contributed by atoms with Gasteiger partial charge in [-0.25, -0.2) is 0 Å². The predicted molar refractivity (Wildman–Crippen MR) is 104 cm³/mol. The van der Waals surface area contributed by atoms with E-state index in [-0.39, 0.29) is 41.0 Å². The number of allylic oxidation sites excluding steroid dienone is 1. The lowest BCUT2D eigenvalue weighted by atomic mass is 9.53. The molecule has 1 spiro atoms. The number of carbonyl (C=O) groups excluding carboxylic acids is 1. The van der Waals surface area contributed by atoms with Crippen LogP contribution in [0.15, 0.2) is 11.6 Å². The van der Waals surface area contributed by atoms with E-state index >= 15 is 0 Å². The van der Waals surface area contributed by atoms with Crippen molar-refractivity contribution in [1.29, 1.82) is 0 Å². The molecule has 2 saturated carbocycles. The van der Waals surface area contributed by atoms with Gasteiger partial charge in [-0.05, 0) is 63.8 Å². The van der Waals surface area contributed by atoms with E-state index in [9.17, 15) is 4.79 Å². The van der Waals surface area contributed by atoms with Crippen molar-refractivity contribution in [2.24, 2.45) is 23.2 Å². The summed E-state index contributed by atoms with van der Waals surface area (Å²) in [6.45, 7) is 6.46. The standard InChI is InChI=1S/C23H35NO3/c1-15-7-6-11-22(2)13-18-19(20-23(15,22)27-20)17(21(25)26-18)14-24-12-10-16-8-4-3-5-9-16/h8,15,17-20,24H,3-7,9-14H2,1-2H3/t15-,17?,18+,19+,20-,22+,23-/m0/s1. The minimum atomic E-state index is -0.0293. The monoisotopic (exact) mass is 373 g/mol. The summed E-state index contributed by atoms with van der Waals surface area (Å²) < 4.78 is 12.4. The fourth-order valence-corrected chi connectivity index (χ4v) is 7.10.